The molecule has 1 atom stereocenters. The monoisotopic (exact) mass is 311 g/mol. The average molecular weight is 311 g/mol. The first-order valence-electron chi connectivity index (χ1n) is 7.93. The minimum absolute atomic E-state index is 0.337. The number of ether oxygens (including phenoxy) is 1. The SMILES string of the molecule is O=C(O)c1ccc(CN2CCC(COc3ccccc3)C2)cc1. The zero-order valence-corrected chi connectivity index (χ0v) is 13.0. The maximum absolute atomic E-state index is 10.9. The molecule has 1 N–H and O–H groups in total. The van der Waals surface area contributed by atoms with Gasteiger partial charge in [-0.15, -0.1) is 0 Å². The highest BCUT2D eigenvalue weighted by Gasteiger charge is 2.23. The van der Waals surface area contributed by atoms with Crippen molar-refractivity contribution in [2.75, 3.05) is 19.7 Å². The molecule has 2 aromatic carbocycles. The summed E-state index contributed by atoms with van der Waals surface area (Å²) in [7, 11) is 0. The molecule has 4 nitrogen and oxygen atoms in total. The second kappa shape index (κ2) is 7.29. The molecule has 0 radical (unpaired) electrons. The number of carbonyl (C=O) groups is 1. The Morgan fingerprint density at radius 3 is 2.57 bits per heavy atom. The lowest BCUT2D eigenvalue weighted by Crippen LogP contribution is -2.22. The van der Waals surface area contributed by atoms with E-state index in [4.69, 9.17) is 9.84 Å². The van der Waals surface area contributed by atoms with Crippen LogP contribution < -0.4 is 4.74 Å². The molecule has 0 amide bonds. The van der Waals surface area contributed by atoms with E-state index >= 15 is 0 Å². The van der Waals surface area contributed by atoms with E-state index in [-0.39, 0.29) is 0 Å². The van der Waals surface area contributed by atoms with E-state index in [1.807, 2.05) is 42.5 Å². The fourth-order valence-corrected chi connectivity index (χ4v) is 2.93. The van der Waals surface area contributed by atoms with E-state index in [1.165, 1.54) is 0 Å². The second-order valence-corrected chi connectivity index (χ2v) is 6.02. The van der Waals surface area contributed by atoms with Gasteiger partial charge in [0, 0.05) is 19.0 Å². The van der Waals surface area contributed by atoms with Gasteiger partial charge in [0.25, 0.3) is 0 Å². The van der Waals surface area contributed by atoms with Crippen molar-refractivity contribution in [2.45, 2.75) is 13.0 Å². The fraction of sp³-hybridized carbons (Fsp3) is 0.316. The average Bonchev–Trinajstić information content (AvgIpc) is 3.02. The summed E-state index contributed by atoms with van der Waals surface area (Å²) in [5.41, 5.74) is 1.49. The van der Waals surface area contributed by atoms with E-state index in [9.17, 15) is 4.79 Å². The Bertz CT molecular complexity index is 639. The molecule has 2 aromatic rings. The summed E-state index contributed by atoms with van der Waals surface area (Å²) >= 11 is 0. The van der Waals surface area contributed by atoms with Crippen LogP contribution in [-0.2, 0) is 6.54 Å². The third-order valence-corrected chi connectivity index (χ3v) is 4.21. The number of likely N-dealkylation sites (tertiary alicyclic amines) is 1. The van der Waals surface area contributed by atoms with Gasteiger partial charge in [0.15, 0.2) is 0 Å². The normalized spacial score (nSPS) is 18.0. The van der Waals surface area contributed by atoms with Gasteiger partial charge in [-0.05, 0) is 42.8 Å². The van der Waals surface area contributed by atoms with E-state index in [0.29, 0.717) is 11.5 Å². The van der Waals surface area contributed by atoms with Gasteiger partial charge in [-0.2, -0.15) is 0 Å². The molecule has 1 aliphatic rings. The predicted molar refractivity (Wildman–Crippen MR) is 88.7 cm³/mol. The van der Waals surface area contributed by atoms with E-state index in [1.54, 1.807) is 12.1 Å². The summed E-state index contributed by atoms with van der Waals surface area (Å²) in [5.74, 6) is 0.597. The topological polar surface area (TPSA) is 49.8 Å². The van der Waals surface area contributed by atoms with Crippen molar-refractivity contribution >= 4 is 5.97 Å². The number of benzene rings is 2. The largest absolute Gasteiger partial charge is 0.493 e. The van der Waals surface area contributed by atoms with Crippen LogP contribution >= 0.6 is 0 Å². The highest BCUT2D eigenvalue weighted by molar-refractivity contribution is 5.87. The van der Waals surface area contributed by atoms with Crippen molar-refractivity contribution in [2.24, 2.45) is 5.92 Å². The van der Waals surface area contributed by atoms with E-state index in [0.717, 1.165) is 44.0 Å². The summed E-state index contributed by atoms with van der Waals surface area (Å²) < 4.78 is 5.84. The molecule has 0 bridgehead atoms. The molecule has 23 heavy (non-hydrogen) atoms. The number of aromatic carboxylic acids is 1. The molecule has 1 fully saturated rings. The van der Waals surface area contributed by atoms with Gasteiger partial charge in [-0.3, -0.25) is 4.90 Å². The van der Waals surface area contributed by atoms with E-state index < -0.39 is 5.97 Å². The summed E-state index contributed by atoms with van der Waals surface area (Å²) in [6, 6.07) is 17.1. The van der Waals surface area contributed by atoms with Crippen molar-refractivity contribution < 1.29 is 14.6 Å². The van der Waals surface area contributed by atoms with Crippen LogP contribution in [0.25, 0.3) is 0 Å². The second-order valence-electron chi connectivity index (χ2n) is 6.02. The zero-order chi connectivity index (χ0) is 16.1. The molecular formula is C19H21NO3. The van der Waals surface area contributed by atoms with Crippen LogP contribution in [0.5, 0.6) is 5.75 Å². The molecule has 4 heteroatoms. The molecule has 0 aromatic heterocycles. The lowest BCUT2D eigenvalue weighted by molar-refractivity contribution is 0.0697. The lowest BCUT2D eigenvalue weighted by atomic mass is 10.1. The van der Waals surface area contributed by atoms with Crippen LogP contribution in [0.2, 0.25) is 0 Å². The number of hydrogen-bond donors (Lipinski definition) is 1. The minimum atomic E-state index is -0.879. The molecular weight excluding hydrogens is 290 g/mol. The number of carboxylic acid groups (broad SMARTS) is 1. The molecule has 1 unspecified atom stereocenters. The first-order chi connectivity index (χ1) is 11.2. The summed E-state index contributed by atoms with van der Waals surface area (Å²) in [6.07, 6.45) is 1.14. The standard InChI is InChI=1S/C19H21NO3/c21-19(22)17-8-6-15(7-9-17)12-20-11-10-16(13-20)14-23-18-4-2-1-3-5-18/h1-9,16H,10-14H2,(H,21,22). The van der Waals surface area contributed by atoms with Crippen molar-refractivity contribution in [1.29, 1.82) is 0 Å². The maximum Gasteiger partial charge on any atom is 0.335 e. The van der Waals surface area contributed by atoms with Gasteiger partial charge in [-0.25, -0.2) is 4.79 Å². The molecule has 1 saturated heterocycles. The molecule has 1 heterocycles. The Morgan fingerprint density at radius 1 is 1.13 bits per heavy atom. The van der Waals surface area contributed by atoms with Gasteiger partial charge >= 0.3 is 5.97 Å². The van der Waals surface area contributed by atoms with Crippen molar-refractivity contribution in [3.05, 3.63) is 65.7 Å². The van der Waals surface area contributed by atoms with Gasteiger partial charge < -0.3 is 9.84 Å². The molecule has 1 aliphatic heterocycles. The van der Waals surface area contributed by atoms with Gasteiger partial charge in [-0.1, -0.05) is 30.3 Å². The Morgan fingerprint density at radius 2 is 1.87 bits per heavy atom. The molecule has 0 aliphatic carbocycles. The quantitative estimate of drug-likeness (QED) is 0.889. The highest BCUT2D eigenvalue weighted by Crippen LogP contribution is 2.20. The lowest BCUT2D eigenvalue weighted by Gasteiger charge is -2.16. The van der Waals surface area contributed by atoms with Crippen molar-refractivity contribution in [3.63, 3.8) is 0 Å². The first-order valence-corrected chi connectivity index (χ1v) is 7.93. The Labute approximate surface area is 136 Å². The number of rotatable bonds is 6. The van der Waals surface area contributed by atoms with Crippen LogP contribution in [0.4, 0.5) is 0 Å². The number of hydrogen-bond acceptors (Lipinski definition) is 3. The maximum atomic E-state index is 10.9. The highest BCUT2D eigenvalue weighted by atomic mass is 16.5. The van der Waals surface area contributed by atoms with Gasteiger partial charge in [0.1, 0.15) is 5.75 Å². The van der Waals surface area contributed by atoms with Crippen LogP contribution in [0.1, 0.15) is 22.3 Å². The molecule has 120 valence electrons. The van der Waals surface area contributed by atoms with Crippen LogP contribution in [-0.4, -0.2) is 35.7 Å². The Hall–Kier alpha value is -2.33. The van der Waals surface area contributed by atoms with E-state index in [2.05, 4.69) is 4.90 Å². The predicted octanol–water partition coefficient (Wildman–Crippen LogP) is 3.29. The van der Waals surface area contributed by atoms with Crippen molar-refractivity contribution in [3.8, 4) is 5.75 Å². The molecule has 0 spiro atoms. The Kier molecular flexibility index (Phi) is 4.93. The number of nitrogens with zero attached hydrogens (tertiary/aromatic N) is 1. The molecule has 3 rings (SSSR count). The summed E-state index contributed by atoms with van der Waals surface area (Å²) in [4.78, 5) is 13.3. The third-order valence-electron chi connectivity index (χ3n) is 4.21. The third kappa shape index (κ3) is 4.33. The zero-order valence-electron chi connectivity index (χ0n) is 13.0. The number of carboxylic acids is 1. The first kappa shape index (κ1) is 15.6. The van der Waals surface area contributed by atoms with Gasteiger partial charge in [0.2, 0.25) is 0 Å². The van der Waals surface area contributed by atoms with Crippen LogP contribution in [0.3, 0.4) is 0 Å². The van der Waals surface area contributed by atoms with Crippen molar-refractivity contribution in [1.82, 2.24) is 4.90 Å². The van der Waals surface area contributed by atoms with Crippen LogP contribution in [0.15, 0.2) is 54.6 Å². The number of para-hydroxylation sites is 1. The summed E-state index contributed by atoms with van der Waals surface area (Å²) in [6.45, 7) is 3.69. The Balaban J connectivity index is 1.47. The smallest absolute Gasteiger partial charge is 0.335 e. The van der Waals surface area contributed by atoms with Crippen LogP contribution in [0, 0.1) is 5.92 Å². The molecule has 0 saturated carbocycles. The fourth-order valence-electron chi connectivity index (χ4n) is 2.93. The van der Waals surface area contributed by atoms with Gasteiger partial charge in [0.05, 0.1) is 12.2 Å². The summed E-state index contributed by atoms with van der Waals surface area (Å²) in [5, 5.41) is 8.92. The minimum Gasteiger partial charge on any atom is -0.493 e.